The second-order valence-corrected chi connectivity index (χ2v) is 7.41. The summed E-state index contributed by atoms with van der Waals surface area (Å²) >= 11 is 0. The van der Waals surface area contributed by atoms with Crippen molar-refractivity contribution in [2.75, 3.05) is 26.9 Å². The Morgan fingerprint density at radius 1 is 1.31 bits per heavy atom. The second kappa shape index (κ2) is 8.23. The third-order valence-corrected chi connectivity index (χ3v) is 5.24. The van der Waals surface area contributed by atoms with E-state index in [1.165, 1.54) is 5.57 Å². The summed E-state index contributed by atoms with van der Waals surface area (Å²) in [6.45, 7) is 5.86. The number of carbonyl (C=O) groups excluding carboxylic acids is 1. The van der Waals surface area contributed by atoms with Gasteiger partial charge >= 0.3 is 0 Å². The van der Waals surface area contributed by atoms with Gasteiger partial charge in [0.25, 0.3) is 0 Å². The molecule has 1 heterocycles. The van der Waals surface area contributed by atoms with Crippen LogP contribution in [0.25, 0.3) is 0 Å². The average molecular weight is 359 g/mol. The molecule has 0 spiro atoms. The lowest BCUT2D eigenvalue weighted by Gasteiger charge is -2.33. The monoisotopic (exact) mass is 359 g/mol. The molecule has 1 aromatic carbocycles. The van der Waals surface area contributed by atoms with E-state index in [0.29, 0.717) is 19.8 Å². The molecule has 0 radical (unpaired) electrons. The molecular weight excluding hydrogens is 330 g/mol. The molecule has 2 fully saturated rings. The van der Waals surface area contributed by atoms with Crippen LogP contribution in [0.15, 0.2) is 35.9 Å². The number of nitrogens with one attached hydrogen (secondary N) is 1. The molecule has 0 aromatic heterocycles. The zero-order chi connectivity index (χ0) is 18.6. The smallest absolute Gasteiger partial charge is 0.231 e. The highest BCUT2D eigenvalue weighted by atomic mass is 16.5. The largest absolute Gasteiger partial charge is 0.497 e. The molecule has 1 aromatic rings. The highest BCUT2D eigenvalue weighted by Crippen LogP contribution is 2.48. The van der Waals surface area contributed by atoms with Crippen molar-refractivity contribution in [3.05, 3.63) is 41.5 Å². The molecule has 2 aliphatic rings. The van der Waals surface area contributed by atoms with E-state index in [1.54, 1.807) is 7.11 Å². The Balaban J connectivity index is 1.64. The van der Waals surface area contributed by atoms with Crippen molar-refractivity contribution in [3.8, 4) is 5.75 Å². The van der Waals surface area contributed by atoms with Gasteiger partial charge in [0.15, 0.2) is 0 Å². The summed E-state index contributed by atoms with van der Waals surface area (Å²) in [6.07, 6.45) is 4.62. The maximum absolute atomic E-state index is 13.0. The number of hydrogen-bond acceptors (Lipinski definition) is 4. The van der Waals surface area contributed by atoms with E-state index >= 15 is 0 Å². The number of carbonyl (C=O) groups is 1. The molecule has 1 aliphatic heterocycles. The Morgan fingerprint density at radius 2 is 2.04 bits per heavy atom. The first-order valence-electron chi connectivity index (χ1n) is 9.33. The molecule has 0 unspecified atom stereocenters. The second-order valence-electron chi connectivity index (χ2n) is 7.41. The van der Waals surface area contributed by atoms with Gasteiger partial charge in [-0.15, -0.1) is 0 Å². The zero-order valence-electron chi connectivity index (χ0n) is 15.9. The van der Waals surface area contributed by atoms with Crippen LogP contribution in [0.2, 0.25) is 0 Å². The Bertz CT molecular complexity index is 644. The summed E-state index contributed by atoms with van der Waals surface area (Å²) in [5.74, 6) is 0.882. The van der Waals surface area contributed by atoms with Crippen molar-refractivity contribution in [1.82, 2.24) is 5.32 Å². The predicted molar refractivity (Wildman–Crippen MR) is 100 cm³/mol. The molecule has 1 saturated heterocycles. The Labute approximate surface area is 155 Å². The van der Waals surface area contributed by atoms with Crippen LogP contribution in [0.5, 0.6) is 5.75 Å². The number of benzene rings is 1. The van der Waals surface area contributed by atoms with E-state index in [1.807, 2.05) is 24.3 Å². The third-order valence-electron chi connectivity index (χ3n) is 5.24. The molecule has 2 atom stereocenters. The van der Waals surface area contributed by atoms with Gasteiger partial charge in [-0.2, -0.15) is 0 Å². The quantitative estimate of drug-likeness (QED) is 0.761. The van der Waals surface area contributed by atoms with Gasteiger partial charge in [-0.3, -0.25) is 4.79 Å². The van der Waals surface area contributed by atoms with E-state index in [4.69, 9.17) is 14.2 Å². The molecule has 26 heavy (non-hydrogen) atoms. The molecule has 3 rings (SSSR count). The first kappa shape index (κ1) is 18.9. The number of hydrogen-bond donors (Lipinski definition) is 1. The van der Waals surface area contributed by atoms with Crippen molar-refractivity contribution in [3.63, 3.8) is 0 Å². The first-order chi connectivity index (χ1) is 12.5. The SMILES string of the molecule is COc1ccc(C2(C(=O)N[C@H]3COCC[C@H]3OCC=C(C)C)CC2)cc1. The van der Waals surface area contributed by atoms with Gasteiger partial charge in [-0.05, 0) is 50.8 Å². The lowest BCUT2D eigenvalue weighted by atomic mass is 9.94. The summed E-state index contributed by atoms with van der Waals surface area (Å²) in [4.78, 5) is 13.0. The summed E-state index contributed by atoms with van der Waals surface area (Å²) in [5.41, 5.74) is 1.87. The Hall–Kier alpha value is -1.85. The third kappa shape index (κ3) is 4.27. The van der Waals surface area contributed by atoms with Crippen molar-refractivity contribution in [2.45, 2.75) is 50.7 Å². The molecule has 5 heteroatoms. The maximum Gasteiger partial charge on any atom is 0.231 e. The lowest BCUT2D eigenvalue weighted by Crippen LogP contribution is -2.53. The molecule has 1 saturated carbocycles. The van der Waals surface area contributed by atoms with Crippen molar-refractivity contribution < 1.29 is 19.0 Å². The molecule has 142 valence electrons. The van der Waals surface area contributed by atoms with Crippen LogP contribution >= 0.6 is 0 Å². The minimum absolute atomic E-state index is 0.00466. The minimum atomic E-state index is -0.409. The van der Waals surface area contributed by atoms with Crippen LogP contribution in [0.4, 0.5) is 0 Å². The van der Waals surface area contributed by atoms with Gasteiger partial charge in [0, 0.05) is 6.61 Å². The summed E-state index contributed by atoms with van der Waals surface area (Å²) < 4.78 is 16.8. The fourth-order valence-electron chi connectivity index (χ4n) is 3.38. The number of rotatable bonds is 7. The van der Waals surface area contributed by atoms with Crippen molar-refractivity contribution >= 4 is 5.91 Å². The van der Waals surface area contributed by atoms with Gasteiger partial charge in [0.1, 0.15) is 5.75 Å². The van der Waals surface area contributed by atoms with Crippen LogP contribution in [-0.2, 0) is 19.7 Å². The zero-order valence-corrected chi connectivity index (χ0v) is 15.9. The molecule has 1 N–H and O–H groups in total. The minimum Gasteiger partial charge on any atom is -0.497 e. The number of amides is 1. The molecule has 5 nitrogen and oxygen atoms in total. The number of allylic oxidation sites excluding steroid dienone is 1. The fraction of sp³-hybridized carbons (Fsp3) is 0.571. The van der Waals surface area contributed by atoms with E-state index in [9.17, 15) is 4.79 Å². The summed E-state index contributed by atoms with van der Waals surface area (Å²) in [6, 6.07) is 7.71. The predicted octanol–water partition coefficient (Wildman–Crippen LogP) is 2.98. The van der Waals surface area contributed by atoms with Gasteiger partial charge in [0.2, 0.25) is 5.91 Å². The van der Waals surface area contributed by atoms with Crippen LogP contribution in [0, 0.1) is 0 Å². The Kier molecular flexibility index (Phi) is 5.99. The molecule has 0 bridgehead atoms. The van der Waals surface area contributed by atoms with Crippen LogP contribution < -0.4 is 10.1 Å². The molecule has 1 amide bonds. The highest BCUT2D eigenvalue weighted by Gasteiger charge is 2.52. The van der Waals surface area contributed by atoms with Crippen molar-refractivity contribution in [1.29, 1.82) is 0 Å². The maximum atomic E-state index is 13.0. The van der Waals surface area contributed by atoms with Crippen LogP contribution in [-0.4, -0.2) is 45.0 Å². The Morgan fingerprint density at radius 3 is 2.65 bits per heavy atom. The van der Waals surface area contributed by atoms with Gasteiger partial charge < -0.3 is 19.5 Å². The van der Waals surface area contributed by atoms with E-state index in [-0.39, 0.29) is 18.1 Å². The topological polar surface area (TPSA) is 56.8 Å². The molecule has 1 aliphatic carbocycles. The van der Waals surface area contributed by atoms with E-state index in [0.717, 1.165) is 30.6 Å². The highest BCUT2D eigenvalue weighted by molar-refractivity contribution is 5.91. The first-order valence-corrected chi connectivity index (χ1v) is 9.33. The van der Waals surface area contributed by atoms with Crippen molar-refractivity contribution in [2.24, 2.45) is 0 Å². The summed E-state index contributed by atoms with van der Waals surface area (Å²) in [7, 11) is 1.65. The van der Waals surface area contributed by atoms with E-state index < -0.39 is 5.41 Å². The van der Waals surface area contributed by atoms with Crippen LogP contribution in [0.1, 0.15) is 38.7 Å². The number of methoxy groups -OCH3 is 1. The summed E-state index contributed by atoms with van der Waals surface area (Å²) in [5, 5.41) is 3.20. The standard InChI is InChI=1S/C21H29NO4/c1-15(2)8-13-26-19-9-12-25-14-18(19)22-20(23)21(10-11-21)16-4-6-17(24-3)7-5-16/h4-8,18-19H,9-14H2,1-3H3,(H,22,23)/t18-,19+/m0/s1. The molecular formula is C21H29NO4. The van der Waals surface area contributed by atoms with Gasteiger partial charge in [-0.25, -0.2) is 0 Å². The van der Waals surface area contributed by atoms with E-state index in [2.05, 4.69) is 25.2 Å². The lowest BCUT2D eigenvalue weighted by molar-refractivity contribution is -0.128. The van der Waals surface area contributed by atoms with Crippen LogP contribution in [0.3, 0.4) is 0 Å². The van der Waals surface area contributed by atoms with Gasteiger partial charge in [-0.1, -0.05) is 23.8 Å². The number of ether oxygens (including phenoxy) is 3. The van der Waals surface area contributed by atoms with Gasteiger partial charge in [0.05, 0.1) is 37.9 Å². The fourth-order valence-corrected chi connectivity index (χ4v) is 3.38. The average Bonchev–Trinajstić information content (AvgIpc) is 3.45. The normalized spacial score (nSPS) is 23.8.